The summed E-state index contributed by atoms with van der Waals surface area (Å²) in [6, 6.07) is 7.54. The minimum Gasteiger partial charge on any atom is -0.340 e. The van der Waals surface area contributed by atoms with Crippen molar-refractivity contribution in [1.29, 1.82) is 0 Å². The maximum Gasteiger partial charge on any atom is 0.277 e. The SMILES string of the molecule is O=c1c2sc3nccnc3c2nc(N2CCSCC2)n1-c1ccc(-n2c(N3CCSCC3)nc3c(sc4nccnc43)c2=O)cc1. The Labute approximate surface area is 277 Å². The zero-order valence-electron chi connectivity index (χ0n) is 24.2. The molecular weight excluding hydrogens is 661 g/mol. The van der Waals surface area contributed by atoms with Crippen molar-refractivity contribution in [1.82, 2.24) is 39.0 Å². The number of rotatable bonds is 4. The highest BCUT2D eigenvalue weighted by atomic mass is 32.2. The van der Waals surface area contributed by atoms with Crippen molar-refractivity contribution in [2.24, 2.45) is 0 Å². The molecule has 0 bridgehead atoms. The number of benzene rings is 1. The fourth-order valence-electron chi connectivity index (χ4n) is 5.98. The Balaban J connectivity index is 1.23. The summed E-state index contributed by atoms with van der Waals surface area (Å²) in [6.45, 7) is 3.13. The Bertz CT molecular complexity index is 2240. The van der Waals surface area contributed by atoms with E-state index in [2.05, 4.69) is 29.7 Å². The van der Waals surface area contributed by atoms with Crippen LogP contribution in [0.2, 0.25) is 0 Å². The Hall–Kier alpha value is -4.12. The summed E-state index contributed by atoms with van der Waals surface area (Å²) in [4.78, 5) is 62.1. The first-order chi connectivity index (χ1) is 22.7. The van der Waals surface area contributed by atoms with Gasteiger partial charge in [-0.25, -0.2) is 39.0 Å². The molecule has 0 aliphatic carbocycles. The molecule has 12 nitrogen and oxygen atoms in total. The van der Waals surface area contributed by atoms with E-state index in [1.807, 2.05) is 47.8 Å². The summed E-state index contributed by atoms with van der Waals surface area (Å²) in [5, 5.41) is 0. The molecule has 0 atom stereocenters. The normalized spacial score (nSPS) is 15.9. The van der Waals surface area contributed by atoms with Gasteiger partial charge in [0.25, 0.3) is 11.1 Å². The molecule has 2 aliphatic heterocycles. The number of hydrogen-bond acceptors (Lipinski definition) is 14. The van der Waals surface area contributed by atoms with Gasteiger partial charge in [0.2, 0.25) is 11.9 Å². The van der Waals surface area contributed by atoms with E-state index in [0.29, 0.717) is 64.4 Å². The van der Waals surface area contributed by atoms with Gasteiger partial charge in [0.05, 0.1) is 11.4 Å². The van der Waals surface area contributed by atoms with E-state index in [0.717, 1.165) is 49.2 Å². The van der Waals surface area contributed by atoms with Gasteiger partial charge < -0.3 is 9.80 Å². The summed E-state index contributed by atoms with van der Waals surface area (Å²) in [5.41, 5.74) is 3.48. The van der Waals surface area contributed by atoms with Gasteiger partial charge in [-0.1, -0.05) is 0 Å². The van der Waals surface area contributed by atoms with Crippen LogP contribution >= 0.6 is 46.2 Å². The zero-order chi connectivity index (χ0) is 30.8. The predicted molar refractivity (Wildman–Crippen MR) is 189 cm³/mol. The molecule has 16 heteroatoms. The van der Waals surface area contributed by atoms with Crippen molar-refractivity contribution in [2.75, 3.05) is 59.0 Å². The highest BCUT2D eigenvalue weighted by molar-refractivity contribution is 7.99. The van der Waals surface area contributed by atoms with Crippen LogP contribution in [0.4, 0.5) is 11.9 Å². The maximum absolute atomic E-state index is 14.2. The van der Waals surface area contributed by atoms with Gasteiger partial charge in [0.15, 0.2) is 0 Å². The smallest absolute Gasteiger partial charge is 0.277 e. The van der Waals surface area contributed by atoms with E-state index in [1.165, 1.54) is 22.7 Å². The van der Waals surface area contributed by atoms with Crippen LogP contribution in [0, 0.1) is 0 Å². The topological polar surface area (TPSA) is 128 Å². The molecule has 230 valence electrons. The van der Waals surface area contributed by atoms with Crippen LogP contribution in [0.5, 0.6) is 0 Å². The zero-order valence-corrected chi connectivity index (χ0v) is 27.5. The maximum atomic E-state index is 14.2. The lowest BCUT2D eigenvalue weighted by Crippen LogP contribution is -2.38. The Morgan fingerprint density at radius 1 is 0.522 bits per heavy atom. The Morgan fingerprint density at radius 2 is 0.913 bits per heavy atom. The number of thiophene rings is 2. The average Bonchev–Trinajstić information content (AvgIpc) is 3.68. The van der Waals surface area contributed by atoms with E-state index in [1.54, 1.807) is 33.9 Å². The molecule has 2 saturated heterocycles. The Kier molecular flexibility index (Phi) is 6.91. The van der Waals surface area contributed by atoms with Gasteiger partial charge in [-0.3, -0.25) is 9.59 Å². The molecule has 9 rings (SSSR count). The minimum atomic E-state index is -0.159. The standard InChI is InChI=1S/C30H24N10O2S4/c41-27-23-19(21-25(45-23)33-7-5-31-21)35-29(37-9-13-43-14-10-37)39(27)17-1-2-18(4-3-17)40-28(42)24-20(22-26(46-24)34-8-6-32-22)36-30(40)38-11-15-44-16-12-38/h1-8H,9-16H2. The first kappa shape index (κ1) is 28.1. The summed E-state index contributed by atoms with van der Waals surface area (Å²) >= 11 is 6.42. The molecule has 0 saturated carbocycles. The van der Waals surface area contributed by atoms with E-state index < -0.39 is 0 Å². The molecule has 46 heavy (non-hydrogen) atoms. The van der Waals surface area contributed by atoms with Crippen molar-refractivity contribution in [3.8, 4) is 11.4 Å². The summed E-state index contributed by atoms with van der Waals surface area (Å²) in [7, 11) is 0. The van der Waals surface area contributed by atoms with E-state index in [9.17, 15) is 9.59 Å². The number of nitrogens with zero attached hydrogens (tertiary/aromatic N) is 10. The molecule has 6 aromatic heterocycles. The average molecular weight is 685 g/mol. The van der Waals surface area contributed by atoms with Crippen LogP contribution in [0.15, 0.2) is 58.6 Å². The second kappa shape index (κ2) is 11.3. The number of hydrogen-bond donors (Lipinski definition) is 0. The molecule has 7 aromatic rings. The quantitative estimate of drug-likeness (QED) is 0.264. The lowest BCUT2D eigenvalue weighted by atomic mass is 10.2. The fraction of sp³-hybridized carbons (Fsp3) is 0.267. The number of thioether (sulfide) groups is 2. The highest BCUT2D eigenvalue weighted by Crippen LogP contribution is 2.33. The van der Waals surface area contributed by atoms with Crippen molar-refractivity contribution in [3.63, 3.8) is 0 Å². The number of fused-ring (bicyclic) bond motifs is 6. The number of anilines is 2. The van der Waals surface area contributed by atoms with Gasteiger partial charge in [-0.05, 0) is 24.3 Å². The summed E-state index contributed by atoms with van der Waals surface area (Å²) in [5.74, 6) is 5.00. The van der Waals surface area contributed by atoms with Crippen molar-refractivity contribution < 1.29 is 0 Å². The first-order valence-electron chi connectivity index (χ1n) is 14.7. The summed E-state index contributed by atoms with van der Waals surface area (Å²) < 4.78 is 4.41. The molecular formula is C30H24N10O2S4. The van der Waals surface area contributed by atoms with Gasteiger partial charge in [-0.2, -0.15) is 23.5 Å². The lowest BCUT2D eigenvalue weighted by Gasteiger charge is -2.30. The van der Waals surface area contributed by atoms with Crippen molar-refractivity contribution in [2.45, 2.75) is 0 Å². The number of aromatic nitrogens is 8. The first-order valence-corrected chi connectivity index (χ1v) is 18.7. The highest BCUT2D eigenvalue weighted by Gasteiger charge is 2.26. The van der Waals surface area contributed by atoms with Crippen molar-refractivity contribution in [3.05, 3.63) is 69.8 Å². The molecule has 0 spiro atoms. The molecule has 0 radical (unpaired) electrons. The second-order valence-electron chi connectivity index (χ2n) is 10.8. The van der Waals surface area contributed by atoms with Crippen LogP contribution < -0.4 is 20.9 Å². The molecule has 1 aromatic carbocycles. The van der Waals surface area contributed by atoms with Gasteiger partial charge in [0.1, 0.15) is 41.1 Å². The second-order valence-corrected chi connectivity index (χ2v) is 15.2. The van der Waals surface area contributed by atoms with Gasteiger partial charge >= 0.3 is 0 Å². The molecule has 0 amide bonds. The largest absolute Gasteiger partial charge is 0.340 e. The van der Waals surface area contributed by atoms with Crippen LogP contribution in [0.25, 0.3) is 52.5 Å². The Morgan fingerprint density at radius 3 is 1.33 bits per heavy atom. The minimum absolute atomic E-state index is 0.159. The third-order valence-electron chi connectivity index (χ3n) is 8.18. The van der Waals surface area contributed by atoms with Crippen LogP contribution in [-0.2, 0) is 0 Å². The molecule has 2 fully saturated rings. The third kappa shape index (κ3) is 4.49. The third-order valence-corrected chi connectivity index (χ3v) is 12.2. The van der Waals surface area contributed by atoms with Crippen molar-refractivity contribution >= 4 is 99.2 Å². The van der Waals surface area contributed by atoms with E-state index in [-0.39, 0.29) is 11.1 Å². The molecule has 2 aliphatic rings. The van der Waals surface area contributed by atoms with E-state index >= 15 is 0 Å². The van der Waals surface area contributed by atoms with Crippen LogP contribution in [0.3, 0.4) is 0 Å². The molecule has 0 N–H and O–H groups in total. The lowest BCUT2D eigenvalue weighted by molar-refractivity contribution is 0.779. The summed E-state index contributed by atoms with van der Waals surface area (Å²) in [6.07, 6.45) is 6.53. The van der Waals surface area contributed by atoms with Crippen LogP contribution in [0.1, 0.15) is 0 Å². The van der Waals surface area contributed by atoms with Crippen LogP contribution in [-0.4, -0.2) is 88.2 Å². The predicted octanol–water partition coefficient (Wildman–Crippen LogP) is 4.20. The molecule has 0 unspecified atom stereocenters. The van der Waals surface area contributed by atoms with Gasteiger partial charge in [-0.15, -0.1) is 22.7 Å². The van der Waals surface area contributed by atoms with E-state index in [4.69, 9.17) is 9.97 Å². The fourth-order valence-corrected chi connectivity index (χ4v) is 9.73. The van der Waals surface area contributed by atoms with Gasteiger partial charge in [0, 0.05) is 74.0 Å². The molecule has 8 heterocycles. The monoisotopic (exact) mass is 684 g/mol.